The number of unbranched alkanes of at least 4 members (excludes halogenated alkanes) is 5. The van der Waals surface area contributed by atoms with Crippen molar-refractivity contribution in [1.29, 1.82) is 0 Å². The second-order valence-electron chi connectivity index (χ2n) is 10.8. The van der Waals surface area contributed by atoms with Crippen LogP contribution in [-0.4, -0.2) is 26.3 Å². The van der Waals surface area contributed by atoms with Crippen LogP contribution in [0.1, 0.15) is 76.3 Å². The SMILES string of the molecule is CCCCOc1cc(CNCCCCCCNCc2cc(OCCCC)cc3ccccc23)c2ccccc2c1. The lowest BCUT2D eigenvalue weighted by atomic mass is 10.0. The third-order valence-electron chi connectivity index (χ3n) is 7.46. The summed E-state index contributed by atoms with van der Waals surface area (Å²) in [6.45, 7) is 9.80. The van der Waals surface area contributed by atoms with Crippen molar-refractivity contribution in [2.24, 2.45) is 0 Å². The van der Waals surface area contributed by atoms with Gasteiger partial charge in [0.15, 0.2) is 0 Å². The van der Waals surface area contributed by atoms with Crippen LogP contribution in [-0.2, 0) is 13.1 Å². The molecule has 0 amide bonds. The van der Waals surface area contributed by atoms with Crippen LogP contribution in [0.4, 0.5) is 0 Å². The Balaban J connectivity index is 1.15. The fraction of sp³-hybridized carbons (Fsp3) is 0.444. The van der Waals surface area contributed by atoms with Gasteiger partial charge in [-0.1, -0.05) is 88.1 Å². The summed E-state index contributed by atoms with van der Waals surface area (Å²) in [7, 11) is 0. The Morgan fingerprint density at radius 3 is 1.43 bits per heavy atom. The van der Waals surface area contributed by atoms with Gasteiger partial charge in [0.05, 0.1) is 13.2 Å². The molecule has 214 valence electrons. The molecule has 0 spiro atoms. The van der Waals surface area contributed by atoms with Crippen LogP contribution in [0.2, 0.25) is 0 Å². The summed E-state index contributed by atoms with van der Waals surface area (Å²) in [6.07, 6.45) is 9.38. The monoisotopic (exact) mass is 540 g/mol. The standard InChI is InChI=1S/C36H48N2O2/c1-3-5-21-39-33-23-29-15-9-11-17-35(29)31(25-33)27-37-19-13-7-8-14-20-38-28-32-26-34(40-22-6-4-2)24-30-16-10-12-18-36(30)32/h9-12,15-18,23-26,37-38H,3-8,13-14,19-22,27-28H2,1-2H3. The third-order valence-corrected chi connectivity index (χ3v) is 7.46. The summed E-state index contributed by atoms with van der Waals surface area (Å²) in [4.78, 5) is 0. The summed E-state index contributed by atoms with van der Waals surface area (Å²) >= 11 is 0. The Labute approximate surface area is 241 Å². The normalized spacial score (nSPS) is 11.3. The first-order valence-electron chi connectivity index (χ1n) is 15.5. The number of rotatable bonds is 19. The number of hydrogen-bond acceptors (Lipinski definition) is 4. The zero-order chi connectivity index (χ0) is 27.8. The van der Waals surface area contributed by atoms with Gasteiger partial charge in [-0.25, -0.2) is 0 Å². The van der Waals surface area contributed by atoms with Crippen LogP contribution in [0.5, 0.6) is 11.5 Å². The Bertz CT molecular complexity index is 1200. The van der Waals surface area contributed by atoms with Gasteiger partial charge in [-0.05, 0) is 95.7 Å². The van der Waals surface area contributed by atoms with Crippen LogP contribution >= 0.6 is 0 Å². The highest BCUT2D eigenvalue weighted by Gasteiger charge is 2.07. The first kappa shape index (κ1) is 29.9. The van der Waals surface area contributed by atoms with Gasteiger partial charge in [0, 0.05) is 13.1 Å². The molecule has 2 N–H and O–H groups in total. The van der Waals surface area contributed by atoms with Crippen molar-refractivity contribution in [3.63, 3.8) is 0 Å². The Morgan fingerprint density at radius 1 is 0.525 bits per heavy atom. The minimum Gasteiger partial charge on any atom is -0.494 e. The molecule has 0 atom stereocenters. The summed E-state index contributed by atoms with van der Waals surface area (Å²) in [6, 6.07) is 26.0. The molecule has 0 radical (unpaired) electrons. The Kier molecular flexibility index (Phi) is 12.6. The van der Waals surface area contributed by atoms with Crippen molar-refractivity contribution in [2.75, 3.05) is 26.3 Å². The molecule has 0 aliphatic rings. The highest BCUT2D eigenvalue weighted by Crippen LogP contribution is 2.27. The zero-order valence-corrected chi connectivity index (χ0v) is 24.6. The second kappa shape index (κ2) is 16.9. The molecule has 4 nitrogen and oxygen atoms in total. The van der Waals surface area contributed by atoms with Gasteiger partial charge in [0.25, 0.3) is 0 Å². The molecular weight excluding hydrogens is 492 g/mol. The maximum Gasteiger partial charge on any atom is 0.120 e. The van der Waals surface area contributed by atoms with Gasteiger partial charge >= 0.3 is 0 Å². The molecule has 0 saturated heterocycles. The molecule has 4 aromatic rings. The van der Waals surface area contributed by atoms with E-state index in [0.717, 1.165) is 76.6 Å². The fourth-order valence-corrected chi connectivity index (χ4v) is 5.15. The molecule has 0 bridgehead atoms. The van der Waals surface area contributed by atoms with E-state index < -0.39 is 0 Å². The number of fused-ring (bicyclic) bond motifs is 2. The van der Waals surface area contributed by atoms with Gasteiger partial charge in [-0.2, -0.15) is 0 Å². The predicted octanol–water partition coefficient (Wildman–Crippen LogP) is 8.79. The van der Waals surface area contributed by atoms with Crippen molar-refractivity contribution in [1.82, 2.24) is 10.6 Å². The maximum atomic E-state index is 6.02. The van der Waals surface area contributed by atoms with E-state index in [2.05, 4.69) is 97.3 Å². The van der Waals surface area contributed by atoms with Gasteiger partial charge in [0.1, 0.15) is 11.5 Å². The molecule has 0 aromatic heterocycles. The van der Waals surface area contributed by atoms with E-state index in [1.165, 1.54) is 58.4 Å². The molecular formula is C36H48N2O2. The molecule has 0 unspecified atom stereocenters. The summed E-state index contributed by atoms with van der Waals surface area (Å²) in [5.41, 5.74) is 2.64. The van der Waals surface area contributed by atoms with Crippen LogP contribution < -0.4 is 20.1 Å². The zero-order valence-electron chi connectivity index (χ0n) is 24.6. The van der Waals surface area contributed by atoms with Crippen molar-refractivity contribution in [3.05, 3.63) is 83.9 Å². The van der Waals surface area contributed by atoms with E-state index in [1.54, 1.807) is 0 Å². The van der Waals surface area contributed by atoms with Crippen LogP contribution in [0.3, 0.4) is 0 Å². The van der Waals surface area contributed by atoms with Crippen LogP contribution in [0, 0.1) is 0 Å². The van der Waals surface area contributed by atoms with E-state index >= 15 is 0 Å². The number of nitrogens with one attached hydrogen (secondary N) is 2. The summed E-state index contributed by atoms with van der Waals surface area (Å²) in [5, 5.41) is 12.5. The number of benzene rings is 4. The number of hydrogen-bond donors (Lipinski definition) is 2. The third kappa shape index (κ3) is 9.25. The Morgan fingerprint density at radius 2 is 0.975 bits per heavy atom. The molecule has 0 aliphatic heterocycles. The van der Waals surface area contributed by atoms with E-state index in [-0.39, 0.29) is 0 Å². The lowest BCUT2D eigenvalue weighted by molar-refractivity contribution is 0.309. The van der Waals surface area contributed by atoms with Crippen molar-refractivity contribution < 1.29 is 9.47 Å². The van der Waals surface area contributed by atoms with Gasteiger partial charge in [-0.3, -0.25) is 0 Å². The second-order valence-corrected chi connectivity index (χ2v) is 10.8. The Hall–Kier alpha value is -3.08. The molecule has 0 fully saturated rings. The molecule has 0 aliphatic carbocycles. The van der Waals surface area contributed by atoms with Crippen LogP contribution in [0.25, 0.3) is 21.5 Å². The van der Waals surface area contributed by atoms with Crippen LogP contribution in [0.15, 0.2) is 72.8 Å². The van der Waals surface area contributed by atoms with Gasteiger partial charge < -0.3 is 20.1 Å². The molecule has 4 rings (SSSR count). The van der Waals surface area contributed by atoms with Crippen molar-refractivity contribution in [2.45, 2.75) is 78.3 Å². The lowest BCUT2D eigenvalue weighted by Gasteiger charge is -2.13. The molecule has 40 heavy (non-hydrogen) atoms. The minimum absolute atomic E-state index is 0.785. The maximum absolute atomic E-state index is 6.02. The predicted molar refractivity (Wildman–Crippen MR) is 171 cm³/mol. The number of ether oxygens (including phenoxy) is 2. The smallest absolute Gasteiger partial charge is 0.120 e. The summed E-state index contributed by atoms with van der Waals surface area (Å²) < 4.78 is 12.0. The minimum atomic E-state index is 0.785. The lowest BCUT2D eigenvalue weighted by Crippen LogP contribution is -2.16. The molecule has 4 aromatic carbocycles. The van der Waals surface area contributed by atoms with E-state index in [1.807, 2.05) is 0 Å². The summed E-state index contributed by atoms with van der Waals surface area (Å²) in [5.74, 6) is 1.97. The molecule has 0 saturated carbocycles. The van der Waals surface area contributed by atoms with E-state index in [9.17, 15) is 0 Å². The average molecular weight is 541 g/mol. The van der Waals surface area contributed by atoms with E-state index in [4.69, 9.17) is 9.47 Å². The fourth-order valence-electron chi connectivity index (χ4n) is 5.15. The highest BCUT2D eigenvalue weighted by atomic mass is 16.5. The van der Waals surface area contributed by atoms with E-state index in [0.29, 0.717) is 0 Å². The quantitative estimate of drug-likeness (QED) is 0.117. The van der Waals surface area contributed by atoms with Crippen molar-refractivity contribution in [3.8, 4) is 11.5 Å². The van der Waals surface area contributed by atoms with Crippen molar-refractivity contribution >= 4 is 21.5 Å². The largest absolute Gasteiger partial charge is 0.494 e. The van der Waals surface area contributed by atoms with Gasteiger partial charge in [0.2, 0.25) is 0 Å². The molecule has 0 heterocycles. The highest BCUT2D eigenvalue weighted by molar-refractivity contribution is 5.88. The first-order chi connectivity index (χ1) is 19.8. The molecule has 4 heteroatoms. The first-order valence-corrected chi connectivity index (χ1v) is 15.5. The van der Waals surface area contributed by atoms with Gasteiger partial charge in [-0.15, -0.1) is 0 Å². The average Bonchev–Trinajstić information content (AvgIpc) is 2.98. The topological polar surface area (TPSA) is 42.5 Å².